The minimum Gasteiger partial charge on any atom is -0.339 e. The SMILES string of the molecule is C=CCNC(=O)N1CCC[C@H](c2nc(-c3ccc(F)cc3)no2)C1. The van der Waals surface area contributed by atoms with E-state index in [0.29, 0.717) is 36.9 Å². The number of benzene rings is 1. The van der Waals surface area contributed by atoms with Gasteiger partial charge in [-0.2, -0.15) is 4.98 Å². The van der Waals surface area contributed by atoms with Gasteiger partial charge in [-0.3, -0.25) is 0 Å². The Hall–Kier alpha value is -2.70. The lowest BCUT2D eigenvalue weighted by Crippen LogP contribution is -2.45. The van der Waals surface area contributed by atoms with Gasteiger partial charge in [0.25, 0.3) is 0 Å². The number of hydrogen-bond acceptors (Lipinski definition) is 4. The molecule has 0 saturated carbocycles. The van der Waals surface area contributed by atoms with Gasteiger partial charge in [-0.1, -0.05) is 11.2 Å². The Kier molecular flexibility index (Phi) is 4.88. The third kappa shape index (κ3) is 3.61. The fourth-order valence-corrected chi connectivity index (χ4v) is 2.75. The van der Waals surface area contributed by atoms with E-state index in [-0.39, 0.29) is 17.8 Å². The molecular formula is C17H19FN4O2. The van der Waals surface area contributed by atoms with E-state index in [1.165, 1.54) is 12.1 Å². The normalized spacial score (nSPS) is 17.5. The number of urea groups is 1. The molecule has 1 saturated heterocycles. The zero-order valence-electron chi connectivity index (χ0n) is 13.2. The summed E-state index contributed by atoms with van der Waals surface area (Å²) < 4.78 is 18.4. The van der Waals surface area contributed by atoms with Crippen LogP contribution in [-0.2, 0) is 0 Å². The van der Waals surface area contributed by atoms with E-state index in [2.05, 4.69) is 22.0 Å². The van der Waals surface area contributed by atoms with E-state index in [9.17, 15) is 9.18 Å². The monoisotopic (exact) mass is 330 g/mol. The first-order chi connectivity index (χ1) is 11.7. The molecule has 0 radical (unpaired) electrons. The molecule has 0 aliphatic carbocycles. The van der Waals surface area contributed by atoms with E-state index < -0.39 is 0 Å². The summed E-state index contributed by atoms with van der Waals surface area (Å²) in [6.07, 6.45) is 3.41. The summed E-state index contributed by atoms with van der Waals surface area (Å²) in [7, 11) is 0. The Bertz CT molecular complexity index is 714. The third-order valence-electron chi connectivity index (χ3n) is 4.00. The lowest BCUT2D eigenvalue weighted by Gasteiger charge is -2.30. The number of hydrogen-bond donors (Lipinski definition) is 1. The van der Waals surface area contributed by atoms with Gasteiger partial charge >= 0.3 is 6.03 Å². The number of likely N-dealkylation sites (tertiary alicyclic amines) is 1. The molecule has 2 amide bonds. The number of piperidine rings is 1. The second-order valence-electron chi connectivity index (χ2n) is 5.72. The van der Waals surface area contributed by atoms with E-state index in [1.54, 1.807) is 23.1 Å². The fourth-order valence-electron chi connectivity index (χ4n) is 2.75. The van der Waals surface area contributed by atoms with E-state index in [0.717, 1.165) is 12.8 Å². The van der Waals surface area contributed by atoms with Gasteiger partial charge in [-0.15, -0.1) is 6.58 Å². The molecule has 1 aliphatic rings. The van der Waals surface area contributed by atoms with Gasteiger partial charge < -0.3 is 14.7 Å². The van der Waals surface area contributed by atoms with Crippen molar-refractivity contribution in [1.29, 1.82) is 0 Å². The van der Waals surface area contributed by atoms with Crippen LogP contribution >= 0.6 is 0 Å². The van der Waals surface area contributed by atoms with Gasteiger partial charge in [0.05, 0.1) is 5.92 Å². The molecule has 1 aromatic heterocycles. The molecule has 2 aromatic rings. The Labute approximate surface area is 139 Å². The average Bonchev–Trinajstić information content (AvgIpc) is 3.10. The Balaban J connectivity index is 1.69. The molecule has 24 heavy (non-hydrogen) atoms. The number of halogens is 1. The quantitative estimate of drug-likeness (QED) is 0.875. The Morgan fingerprint density at radius 3 is 3.00 bits per heavy atom. The maximum atomic E-state index is 13.0. The summed E-state index contributed by atoms with van der Waals surface area (Å²) >= 11 is 0. The van der Waals surface area contributed by atoms with E-state index in [4.69, 9.17) is 4.52 Å². The van der Waals surface area contributed by atoms with Crippen LogP contribution in [0.25, 0.3) is 11.4 Å². The topological polar surface area (TPSA) is 71.3 Å². The Morgan fingerprint density at radius 2 is 2.25 bits per heavy atom. The molecule has 1 aromatic carbocycles. The van der Waals surface area contributed by atoms with Crippen LogP contribution in [0.2, 0.25) is 0 Å². The maximum absolute atomic E-state index is 13.0. The highest BCUT2D eigenvalue weighted by Gasteiger charge is 2.28. The number of rotatable bonds is 4. The van der Waals surface area contributed by atoms with Crippen LogP contribution < -0.4 is 5.32 Å². The second kappa shape index (κ2) is 7.25. The van der Waals surface area contributed by atoms with Gasteiger partial charge in [-0.05, 0) is 37.1 Å². The van der Waals surface area contributed by atoms with Crippen molar-refractivity contribution in [2.45, 2.75) is 18.8 Å². The predicted octanol–water partition coefficient (Wildman–Crippen LogP) is 2.95. The molecule has 1 fully saturated rings. The van der Waals surface area contributed by atoms with Crippen LogP contribution in [0.3, 0.4) is 0 Å². The van der Waals surface area contributed by atoms with Gasteiger partial charge in [0.1, 0.15) is 5.82 Å². The molecule has 0 bridgehead atoms. The lowest BCUT2D eigenvalue weighted by atomic mass is 9.98. The smallest absolute Gasteiger partial charge is 0.317 e. The van der Waals surface area contributed by atoms with Crippen molar-refractivity contribution in [1.82, 2.24) is 20.4 Å². The first-order valence-corrected chi connectivity index (χ1v) is 7.90. The highest BCUT2D eigenvalue weighted by molar-refractivity contribution is 5.74. The van der Waals surface area contributed by atoms with Crippen molar-refractivity contribution >= 4 is 6.03 Å². The van der Waals surface area contributed by atoms with Crippen molar-refractivity contribution in [3.8, 4) is 11.4 Å². The molecule has 1 atom stereocenters. The van der Waals surface area contributed by atoms with Crippen molar-refractivity contribution < 1.29 is 13.7 Å². The molecule has 1 aliphatic heterocycles. The molecule has 2 heterocycles. The molecule has 7 heteroatoms. The van der Waals surface area contributed by atoms with Gasteiger partial charge in [-0.25, -0.2) is 9.18 Å². The number of nitrogens with one attached hydrogen (secondary N) is 1. The summed E-state index contributed by atoms with van der Waals surface area (Å²) in [6.45, 7) is 5.27. The summed E-state index contributed by atoms with van der Waals surface area (Å²) in [5.74, 6) is 0.639. The van der Waals surface area contributed by atoms with Crippen molar-refractivity contribution in [3.05, 3.63) is 48.6 Å². The molecule has 1 N–H and O–H groups in total. The van der Waals surface area contributed by atoms with Crippen LogP contribution in [0, 0.1) is 5.82 Å². The van der Waals surface area contributed by atoms with Crippen molar-refractivity contribution in [3.63, 3.8) is 0 Å². The second-order valence-corrected chi connectivity index (χ2v) is 5.72. The van der Waals surface area contributed by atoms with Crippen LogP contribution in [0.1, 0.15) is 24.7 Å². The lowest BCUT2D eigenvalue weighted by molar-refractivity contribution is 0.173. The van der Waals surface area contributed by atoms with Crippen LogP contribution in [0.5, 0.6) is 0 Å². The van der Waals surface area contributed by atoms with Gasteiger partial charge in [0, 0.05) is 25.2 Å². The van der Waals surface area contributed by atoms with Gasteiger partial charge in [0.15, 0.2) is 0 Å². The highest BCUT2D eigenvalue weighted by Crippen LogP contribution is 2.27. The largest absolute Gasteiger partial charge is 0.339 e. The molecule has 3 rings (SSSR count). The van der Waals surface area contributed by atoms with Crippen molar-refractivity contribution in [2.24, 2.45) is 0 Å². The van der Waals surface area contributed by atoms with Crippen LogP contribution in [-0.4, -0.2) is 40.7 Å². The molecule has 0 unspecified atom stereocenters. The molecular weight excluding hydrogens is 311 g/mol. The molecule has 0 spiro atoms. The number of aromatic nitrogens is 2. The first-order valence-electron chi connectivity index (χ1n) is 7.90. The Morgan fingerprint density at radius 1 is 1.46 bits per heavy atom. The fraction of sp³-hybridized carbons (Fsp3) is 0.353. The number of carbonyl (C=O) groups is 1. The zero-order chi connectivity index (χ0) is 16.9. The van der Waals surface area contributed by atoms with Crippen LogP contribution in [0.15, 0.2) is 41.4 Å². The minimum absolute atomic E-state index is 0.00919. The van der Waals surface area contributed by atoms with Gasteiger partial charge in [0.2, 0.25) is 11.7 Å². The van der Waals surface area contributed by atoms with E-state index >= 15 is 0 Å². The number of amides is 2. The van der Waals surface area contributed by atoms with Crippen LogP contribution in [0.4, 0.5) is 9.18 Å². The number of nitrogens with zero attached hydrogens (tertiary/aromatic N) is 3. The maximum Gasteiger partial charge on any atom is 0.317 e. The zero-order valence-corrected chi connectivity index (χ0v) is 13.2. The summed E-state index contributed by atoms with van der Waals surface area (Å²) in [5.41, 5.74) is 0.697. The predicted molar refractivity (Wildman–Crippen MR) is 86.8 cm³/mol. The highest BCUT2D eigenvalue weighted by atomic mass is 19.1. The first kappa shape index (κ1) is 16.2. The third-order valence-corrected chi connectivity index (χ3v) is 4.00. The average molecular weight is 330 g/mol. The minimum atomic E-state index is -0.309. The summed E-state index contributed by atoms with van der Waals surface area (Å²) in [5, 5.41) is 6.75. The molecule has 6 nitrogen and oxygen atoms in total. The summed E-state index contributed by atoms with van der Waals surface area (Å²) in [4.78, 5) is 18.2. The number of carbonyl (C=O) groups excluding carboxylic acids is 1. The molecule has 126 valence electrons. The summed E-state index contributed by atoms with van der Waals surface area (Å²) in [6, 6.07) is 5.83. The van der Waals surface area contributed by atoms with Crippen molar-refractivity contribution in [2.75, 3.05) is 19.6 Å². The standard InChI is InChI=1S/C17H19FN4O2/c1-2-9-19-17(23)22-10-3-4-13(11-22)16-20-15(21-24-16)12-5-7-14(18)8-6-12/h2,5-8,13H,1,3-4,9-11H2,(H,19,23)/t13-/m0/s1. The van der Waals surface area contributed by atoms with E-state index in [1.807, 2.05) is 0 Å².